The molecule has 5 rings (SSSR count). The second-order valence-corrected chi connectivity index (χ2v) is 12.0. The van der Waals surface area contributed by atoms with E-state index in [1.54, 1.807) is 34.6 Å². The monoisotopic (exact) mass is 581 g/mol. The van der Waals surface area contributed by atoms with Gasteiger partial charge in [0.05, 0.1) is 17.5 Å². The SMILES string of the molecule is CCOc1ccc(/C=C/C(=O)Nc2ccc(S(=O)(=O)N3CCN(C(c4ccccc4)c4ccccc4)CC3)cc2)cc1. The first-order chi connectivity index (χ1) is 20.4. The number of ether oxygens (including phenoxy) is 1. The zero-order valence-corrected chi connectivity index (χ0v) is 24.4. The van der Waals surface area contributed by atoms with Gasteiger partial charge < -0.3 is 10.1 Å². The number of nitrogens with one attached hydrogen (secondary N) is 1. The lowest BCUT2D eigenvalue weighted by molar-refractivity contribution is -0.111. The molecule has 4 aromatic carbocycles. The fraction of sp³-hybridized carbons (Fsp3) is 0.206. The third-order valence-corrected chi connectivity index (χ3v) is 9.16. The normalized spacial score (nSPS) is 14.7. The summed E-state index contributed by atoms with van der Waals surface area (Å²) in [6, 6.07) is 34.5. The number of hydrogen-bond acceptors (Lipinski definition) is 5. The Kier molecular flexibility index (Phi) is 9.48. The molecular formula is C34H35N3O4S. The zero-order chi connectivity index (χ0) is 29.4. The standard InChI is InChI=1S/C34H35N3O4S/c1-2-41-31-18-13-27(14-19-31)15-22-33(38)35-30-16-20-32(21-17-30)42(39,40)37-25-23-36(24-26-37)34(28-9-5-3-6-10-28)29-11-7-4-8-12-29/h3-22,34H,2,23-26H2,1H3,(H,35,38)/b22-15+. The molecule has 0 atom stereocenters. The molecule has 1 heterocycles. The molecule has 1 fully saturated rings. The van der Waals surface area contributed by atoms with Crippen molar-refractivity contribution in [3.05, 3.63) is 132 Å². The van der Waals surface area contributed by atoms with Gasteiger partial charge in [0.1, 0.15) is 5.75 Å². The number of nitrogens with zero attached hydrogens (tertiary/aromatic N) is 2. The van der Waals surface area contributed by atoms with Crippen LogP contribution in [0.1, 0.15) is 29.7 Å². The maximum atomic E-state index is 13.5. The lowest BCUT2D eigenvalue weighted by Gasteiger charge is -2.39. The van der Waals surface area contributed by atoms with E-state index < -0.39 is 10.0 Å². The number of carbonyl (C=O) groups excluding carboxylic acids is 1. The first-order valence-electron chi connectivity index (χ1n) is 14.1. The zero-order valence-electron chi connectivity index (χ0n) is 23.6. The summed E-state index contributed by atoms with van der Waals surface area (Å²) < 4.78 is 33.9. The highest BCUT2D eigenvalue weighted by atomic mass is 32.2. The summed E-state index contributed by atoms with van der Waals surface area (Å²) >= 11 is 0. The van der Waals surface area contributed by atoms with E-state index in [9.17, 15) is 13.2 Å². The van der Waals surface area contributed by atoms with E-state index in [1.165, 1.54) is 17.2 Å². The van der Waals surface area contributed by atoms with E-state index in [2.05, 4.69) is 34.5 Å². The molecule has 0 radical (unpaired) electrons. The average molecular weight is 582 g/mol. The molecule has 0 aliphatic carbocycles. The van der Waals surface area contributed by atoms with Crippen LogP contribution in [-0.4, -0.2) is 56.3 Å². The number of benzene rings is 4. The summed E-state index contributed by atoms with van der Waals surface area (Å²) in [5.41, 5.74) is 3.77. The minimum atomic E-state index is -3.67. The maximum absolute atomic E-state index is 13.5. The van der Waals surface area contributed by atoms with E-state index in [1.807, 2.05) is 67.6 Å². The minimum Gasteiger partial charge on any atom is -0.494 e. The Labute approximate surface area is 248 Å². The van der Waals surface area contributed by atoms with Gasteiger partial charge >= 0.3 is 0 Å². The van der Waals surface area contributed by atoms with E-state index in [-0.39, 0.29) is 16.8 Å². The Morgan fingerprint density at radius 3 is 1.93 bits per heavy atom. The van der Waals surface area contributed by atoms with Gasteiger partial charge in [0.2, 0.25) is 15.9 Å². The van der Waals surface area contributed by atoms with Gasteiger partial charge in [-0.05, 0) is 66.1 Å². The van der Waals surface area contributed by atoms with Gasteiger partial charge in [0, 0.05) is 37.9 Å². The predicted molar refractivity (Wildman–Crippen MR) is 167 cm³/mol. The van der Waals surface area contributed by atoms with E-state index >= 15 is 0 Å². The minimum absolute atomic E-state index is 0.0589. The number of sulfonamides is 1. The van der Waals surface area contributed by atoms with Crippen LogP contribution in [0.15, 0.2) is 120 Å². The molecule has 1 saturated heterocycles. The molecule has 7 nitrogen and oxygen atoms in total. The summed E-state index contributed by atoms with van der Waals surface area (Å²) in [5, 5.41) is 2.79. The molecule has 0 bridgehead atoms. The van der Waals surface area contributed by atoms with Crippen molar-refractivity contribution < 1.29 is 17.9 Å². The highest BCUT2D eigenvalue weighted by Crippen LogP contribution is 2.30. The molecule has 0 aromatic heterocycles. The highest BCUT2D eigenvalue weighted by molar-refractivity contribution is 7.89. The largest absolute Gasteiger partial charge is 0.494 e. The third kappa shape index (κ3) is 7.15. The summed E-state index contributed by atoms with van der Waals surface area (Å²) in [6.07, 6.45) is 3.15. The lowest BCUT2D eigenvalue weighted by atomic mass is 9.96. The van der Waals surface area contributed by atoms with Gasteiger partial charge in [-0.1, -0.05) is 72.8 Å². The van der Waals surface area contributed by atoms with Crippen LogP contribution in [0.25, 0.3) is 6.08 Å². The number of carbonyl (C=O) groups is 1. The average Bonchev–Trinajstić information content (AvgIpc) is 3.03. The number of piperazine rings is 1. The molecule has 1 N–H and O–H groups in total. The van der Waals surface area contributed by atoms with Crippen LogP contribution in [0, 0.1) is 0 Å². The van der Waals surface area contributed by atoms with Crippen LogP contribution in [0.4, 0.5) is 5.69 Å². The van der Waals surface area contributed by atoms with Crippen molar-refractivity contribution in [2.45, 2.75) is 17.9 Å². The molecule has 4 aromatic rings. The fourth-order valence-corrected chi connectivity index (χ4v) is 6.57. The van der Waals surface area contributed by atoms with Crippen LogP contribution in [0.3, 0.4) is 0 Å². The maximum Gasteiger partial charge on any atom is 0.248 e. The molecule has 1 aliphatic rings. The van der Waals surface area contributed by atoms with Gasteiger partial charge in [-0.25, -0.2) is 8.42 Å². The lowest BCUT2D eigenvalue weighted by Crippen LogP contribution is -2.49. The second-order valence-electron chi connectivity index (χ2n) is 10.0. The third-order valence-electron chi connectivity index (χ3n) is 7.25. The second kappa shape index (κ2) is 13.6. The molecule has 0 spiro atoms. The van der Waals surface area contributed by atoms with Gasteiger partial charge in [0.15, 0.2) is 0 Å². The molecule has 8 heteroatoms. The van der Waals surface area contributed by atoms with Crippen LogP contribution in [-0.2, 0) is 14.8 Å². The summed E-state index contributed by atoms with van der Waals surface area (Å²) in [7, 11) is -3.67. The van der Waals surface area contributed by atoms with E-state index in [0.29, 0.717) is 38.5 Å². The van der Waals surface area contributed by atoms with Crippen molar-refractivity contribution in [1.82, 2.24) is 9.21 Å². The topological polar surface area (TPSA) is 78.9 Å². The van der Waals surface area contributed by atoms with Crippen molar-refractivity contribution in [2.24, 2.45) is 0 Å². The van der Waals surface area contributed by atoms with Crippen LogP contribution in [0.5, 0.6) is 5.75 Å². The highest BCUT2D eigenvalue weighted by Gasteiger charge is 2.32. The van der Waals surface area contributed by atoms with Gasteiger partial charge in [0.25, 0.3) is 0 Å². The smallest absolute Gasteiger partial charge is 0.248 e. The molecule has 0 unspecified atom stereocenters. The van der Waals surface area contributed by atoms with Crippen molar-refractivity contribution in [1.29, 1.82) is 0 Å². The van der Waals surface area contributed by atoms with E-state index in [4.69, 9.17) is 4.74 Å². The number of rotatable bonds is 10. The van der Waals surface area contributed by atoms with Crippen molar-refractivity contribution >= 4 is 27.7 Å². The van der Waals surface area contributed by atoms with Crippen LogP contribution < -0.4 is 10.1 Å². The molecule has 0 saturated carbocycles. The Morgan fingerprint density at radius 2 is 1.38 bits per heavy atom. The van der Waals surface area contributed by atoms with Crippen LogP contribution in [0.2, 0.25) is 0 Å². The van der Waals surface area contributed by atoms with Crippen molar-refractivity contribution in [3.8, 4) is 5.75 Å². The van der Waals surface area contributed by atoms with Gasteiger partial charge in [-0.2, -0.15) is 4.31 Å². The first-order valence-corrected chi connectivity index (χ1v) is 15.5. The molecule has 1 amide bonds. The summed E-state index contributed by atoms with van der Waals surface area (Å²) in [5.74, 6) is 0.474. The Bertz CT molecular complexity index is 1540. The molecule has 216 valence electrons. The van der Waals surface area contributed by atoms with Crippen molar-refractivity contribution in [2.75, 3.05) is 38.1 Å². The fourth-order valence-electron chi connectivity index (χ4n) is 5.14. The number of amides is 1. The molecular weight excluding hydrogens is 546 g/mol. The molecule has 42 heavy (non-hydrogen) atoms. The van der Waals surface area contributed by atoms with Crippen molar-refractivity contribution in [3.63, 3.8) is 0 Å². The van der Waals surface area contributed by atoms with Gasteiger partial charge in [-0.3, -0.25) is 9.69 Å². The Morgan fingerprint density at radius 1 is 0.810 bits per heavy atom. The summed E-state index contributed by atoms with van der Waals surface area (Å²) in [4.78, 5) is 15.0. The summed E-state index contributed by atoms with van der Waals surface area (Å²) in [6.45, 7) is 4.54. The molecule has 1 aliphatic heterocycles. The van der Waals surface area contributed by atoms with Crippen LogP contribution >= 0.6 is 0 Å². The van der Waals surface area contributed by atoms with E-state index in [0.717, 1.165) is 11.3 Å². The van der Waals surface area contributed by atoms with Gasteiger partial charge in [-0.15, -0.1) is 0 Å². The predicted octanol–water partition coefficient (Wildman–Crippen LogP) is 5.83. The first kappa shape index (κ1) is 29.3. The number of anilines is 1. The Hall–Kier alpha value is -4.24. The quantitative estimate of drug-likeness (QED) is 0.238. The Balaban J connectivity index is 1.20. The number of hydrogen-bond donors (Lipinski definition) is 1.